The van der Waals surface area contributed by atoms with E-state index in [1.165, 1.54) is 42.5 Å². The fraction of sp³-hybridized carbons (Fsp3) is 0.0417. The van der Waals surface area contributed by atoms with Gasteiger partial charge in [0, 0.05) is 11.3 Å². The first-order chi connectivity index (χ1) is 18.3. The van der Waals surface area contributed by atoms with Crippen molar-refractivity contribution in [2.75, 3.05) is 9.44 Å². The van der Waals surface area contributed by atoms with Crippen molar-refractivity contribution in [3.63, 3.8) is 0 Å². The van der Waals surface area contributed by atoms with Gasteiger partial charge in [-0.25, -0.2) is 21.8 Å². The minimum Gasteiger partial charge on any atom is -0.436 e. The number of hydrogen-bond donors (Lipinski definition) is 2. The van der Waals surface area contributed by atoms with E-state index in [4.69, 9.17) is 16.0 Å². The SMILES string of the molecule is O=S(=O)(Nc1ccc2oc(-c3ccc(NS(=O)(=O)c4ccc(Cl)s4)cc3)nc2c1)c1cccc(C(F)(F)F)c1. The number of fused-ring (bicyclic) bond motifs is 1. The maximum atomic E-state index is 13.0. The van der Waals surface area contributed by atoms with E-state index in [0.29, 0.717) is 27.2 Å². The van der Waals surface area contributed by atoms with Crippen LogP contribution in [0.1, 0.15) is 5.56 Å². The molecule has 2 heterocycles. The van der Waals surface area contributed by atoms with Gasteiger partial charge in [0.1, 0.15) is 9.73 Å². The number of oxazole rings is 1. The minimum absolute atomic E-state index is 0.0648. The second-order valence-electron chi connectivity index (χ2n) is 8.07. The Kier molecular flexibility index (Phi) is 6.83. The van der Waals surface area contributed by atoms with Gasteiger partial charge in [0.25, 0.3) is 20.0 Å². The van der Waals surface area contributed by atoms with Crippen molar-refractivity contribution in [1.29, 1.82) is 0 Å². The van der Waals surface area contributed by atoms with Gasteiger partial charge in [0.15, 0.2) is 5.58 Å². The van der Waals surface area contributed by atoms with Crippen molar-refractivity contribution in [2.24, 2.45) is 0 Å². The Balaban J connectivity index is 1.35. The molecule has 0 radical (unpaired) electrons. The van der Waals surface area contributed by atoms with E-state index in [0.717, 1.165) is 29.5 Å². The van der Waals surface area contributed by atoms with Crippen LogP contribution in [-0.2, 0) is 26.2 Å². The number of hydrogen-bond acceptors (Lipinski definition) is 7. The second-order valence-corrected chi connectivity index (χ2v) is 13.4. The Bertz CT molecular complexity index is 1900. The van der Waals surface area contributed by atoms with Gasteiger partial charge in [-0.05, 0) is 72.8 Å². The summed E-state index contributed by atoms with van der Waals surface area (Å²) in [6.07, 6.45) is -4.69. The molecular formula is C24H15ClF3N3O5S3. The zero-order valence-corrected chi connectivity index (χ0v) is 22.4. The third-order valence-corrected chi connectivity index (χ3v) is 9.79. The average Bonchev–Trinajstić information content (AvgIpc) is 3.50. The number of thiophene rings is 1. The molecule has 0 fully saturated rings. The summed E-state index contributed by atoms with van der Waals surface area (Å²) < 4.78 is 100. The first-order valence-electron chi connectivity index (χ1n) is 10.8. The highest BCUT2D eigenvalue weighted by molar-refractivity contribution is 7.94. The summed E-state index contributed by atoms with van der Waals surface area (Å²) in [4.78, 5) is 3.80. The largest absolute Gasteiger partial charge is 0.436 e. The van der Waals surface area contributed by atoms with Crippen LogP contribution in [0.3, 0.4) is 0 Å². The highest BCUT2D eigenvalue weighted by Crippen LogP contribution is 2.32. The van der Waals surface area contributed by atoms with Gasteiger partial charge in [-0.3, -0.25) is 9.44 Å². The van der Waals surface area contributed by atoms with E-state index in [1.807, 2.05) is 0 Å². The zero-order valence-electron chi connectivity index (χ0n) is 19.2. The molecule has 5 aromatic rings. The number of nitrogens with one attached hydrogen (secondary N) is 2. The number of sulfonamides is 2. The number of aromatic nitrogens is 1. The number of anilines is 2. The van der Waals surface area contributed by atoms with Crippen LogP contribution in [0.15, 0.2) is 92.4 Å². The number of halogens is 4. The van der Waals surface area contributed by atoms with Crippen molar-refractivity contribution in [3.8, 4) is 11.5 Å². The second kappa shape index (κ2) is 9.86. The van der Waals surface area contributed by atoms with Gasteiger partial charge < -0.3 is 4.42 Å². The lowest BCUT2D eigenvalue weighted by atomic mass is 10.2. The minimum atomic E-state index is -4.69. The number of nitrogens with zero attached hydrogens (tertiary/aromatic N) is 1. The summed E-state index contributed by atoms with van der Waals surface area (Å²) in [6.45, 7) is 0. The maximum absolute atomic E-state index is 13.0. The lowest BCUT2D eigenvalue weighted by molar-refractivity contribution is -0.137. The lowest BCUT2D eigenvalue weighted by Gasteiger charge is -2.11. The van der Waals surface area contributed by atoms with Gasteiger partial charge in [-0.2, -0.15) is 13.2 Å². The molecule has 39 heavy (non-hydrogen) atoms. The van der Waals surface area contributed by atoms with E-state index in [-0.39, 0.29) is 21.3 Å². The molecule has 0 saturated heterocycles. The topological polar surface area (TPSA) is 118 Å². The molecule has 15 heteroatoms. The monoisotopic (exact) mass is 613 g/mol. The van der Waals surface area contributed by atoms with Crippen LogP contribution in [0.4, 0.5) is 24.5 Å². The Morgan fingerprint density at radius 1 is 0.821 bits per heavy atom. The first kappa shape index (κ1) is 27.0. The summed E-state index contributed by atoms with van der Waals surface area (Å²) in [5.74, 6) is 0.183. The lowest BCUT2D eigenvalue weighted by Crippen LogP contribution is -2.14. The Labute approximate surface area is 229 Å². The summed E-state index contributed by atoms with van der Waals surface area (Å²) in [5, 5.41) is 0. The normalized spacial score (nSPS) is 12.5. The van der Waals surface area contributed by atoms with Crippen molar-refractivity contribution in [3.05, 3.63) is 88.8 Å². The van der Waals surface area contributed by atoms with E-state index >= 15 is 0 Å². The van der Waals surface area contributed by atoms with Gasteiger partial charge in [-0.15, -0.1) is 11.3 Å². The molecule has 0 bridgehead atoms. The zero-order chi connectivity index (χ0) is 28.0. The summed E-state index contributed by atoms with van der Waals surface area (Å²) in [7, 11) is -8.13. The molecule has 8 nitrogen and oxygen atoms in total. The van der Waals surface area contributed by atoms with Gasteiger partial charge in [0.2, 0.25) is 5.89 Å². The molecule has 0 atom stereocenters. The van der Waals surface area contributed by atoms with Crippen molar-refractivity contribution in [2.45, 2.75) is 15.3 Å². The molecule has 2 aromatic heterocycles. The fourth-order valence-electron chi connectivity index (χ4n) is 3.50. The summed E-state index contributed by atoms with van der Waals surface area (Å²) in [6, 6.07) is 16.7. The van der Waals surface area contributed by atoms with Crippen LogP contribution in [0.5, 0.6) is 0 Å². The number of benzene rings is 3. The third kappa shape index (κ3) is 5.88. The molecular weight excluding hydrogens is 599 g/mol. The van der Waals surface area contributed by atoms with E-state index < -0.39 is 36.7 Å². The smallest absolute Gasteiger partial charge is 0.416 e. The molecule has 0 aliphatic carbocycles. The average molecular weight is 614 g/mol. The highest BCUT2D eigenvalue weighted by Gasteiger charge is 2.31. The quantitative estimate of drug-likeness (QED) is 0.208. The molecule has 0 aliphatic heterocycles. The van der Waals surface area contributed by atoms with E-state index in [9.17, 15) is 30.0 Å². The molecule has 3 aromatic carbocycles. The van der Waals surface area contributed by atoms with Crippen LogP contribution in [0, 0.1) is 0 Å². The molecule has 0 saturated carbocycles. The molecule has 0 amide bonds. The molecule has 0 spiro atoms. The van der Waals surface area contributed by atoms with Crippen LogP contribution >= 0.6 is 22.9 Å². The van der Waals surface area contributed by atoms with Crippen LogP contribution < -0.4 is 9.44 Å². The Morgan fingerprint density at radius 2 is 1.51 bits per heavy atom. The molecule has 5 rings (SSSR count). The molecule has 0 aliphatic rings. The number of alkyl halides is 3. The summed E-state index contributed by atoms with van der Waals surface area (Å²) in [5.41, 5.74) is 0.403. The van der Waals surface area contributed by atoms with E-state index in [2.05, 4.69) is 14.4 Å². The Morgan fingerprint density at radius 3 is 2.18 bits per heavy atom. The molecule has 202 valence electrons. The third-order valence-electron chi connectivity index (χ3n) is 5.31. The van der Waals surface area contributed by atoms with Crippen LogP contribution in [0.25, 0.3) is 22.6 Å². The highest BCUT2D eigenvalue weighted by atomic mass is 35.5. The maximum Gasteiger partial charge on any atom is 0.416 e. The number of rotatable bonds is 7. The van der Waals surface area contributed by atoms with E-state index in [1.54, 1.807) is 12.1 Å². The predicted molar refractivity (Wildman–Crippen MR) is 142 cm³/mol. The molecule has 0 unspecified atom stereocenters. The fourth-order valence-corrected chi connectivity index (χ4v) is 7.13. The Hall–Kier alpha value is -3.59. The van der Waals surface area contributed by atoms with Crippen molar-refractivity contribution in [1.82, 2.24) is 4.98 Å². The van der Waals surface area contributed by atoms with Crippen LogP contribution in [-0.4, -0.2) is 21.8 Å². The summed E-state index contributed by atoms with van der Waals surface area (Å²) >= 11 is 6.74. The van der Waals surface area contributed by atoms with Crippen LogP contribution in [0.2, 0.25) is 4.34 Å². The van der Waals surface area contributed by atoms with Crippen molar-refractivity contribution >= 4 is 65.5 Å². The molecule has 2 N–H and O–H groups in total. The van der Waals surface area contributed by atoms with Gasteiger partial charge in [-0.1, -0.05) is 17.7 Å². The predicted octanol–water partition coefficient (Wildman–Crippen LogP) is 6.83. The van der Waals surface area contributed by atoms with Crippen molar-refractivity contribution < 1.29 is 34.4 Å². The van der Waals surface area contributed by atoms with Gasteiger partial charge >= 0.3 is 6.18 Å². The standard InChI is InChI=1S/C24H15ClF3N3O5S3/c25-21-10-11-22(37-21)39(34,35)30-16-6-4-14(5-7-16)23-29-19-13-17(8-9-20(19)36-23)31-38(32,33)18-3-1-2-15(12-18)24(26,27)28/h1-13,30-31H. The van der Waals surface area contributed by atoms with Gasteiger partial charge in [0.05, 0.1) is 20.5 Å². The first-order valence-corrected chi connectivity index (χ1v) is 15.0.